The first kappa shape index (κ1) is 13.6. The second kappa shape index (κ2) is 6.39. The van der Waals surface area contributed by atoms with Gasteiger partial charge in [0.25, 0.3) is 0 Å². The van der Waals surface area contributed by atoms with Crippen molar-refractivity contribution in [2.24, 2.45) is 9.98 Å². The van der Waals surface area contributed by atoms with Gasteiger partial charge in [-0.2, -0.15) is 9.98 Å². The van der Waals surface area contributed by atoms with Crippen molar-refractivity contribution < 1.29 is 9.59 Å². The molecule has 98 valence electrons. The zero-order chi connectivity index (χ0) is 14.4. The minimum Gasteiger partial charge on any atom is -0.211 e. The van der Waals surface area contributed by atoms with Crippen LogP contribution in [0.1, 0.15) is 17.3 Å². The Morgan fingerprint density at radius 2 is 1.40 bits per heavy atom. The largest absolute Gasteiger partial charge is 0.237 e. The highest BCUT2D eigenvalue weighted by molar-refractivity contribution is 5.71. The number of nitrogens with zero attached hydrogens (tertiary/aromatic N) is 2. The summed E-state index contributed by atoms with van der Waals surface area (Å²) in [6, 6.07) is 15.2. The van der Waals surface area contributed by atoms with E-state index >= 15 is 0 Å². The Morgan fingerprint density at radius 1 is 0.850 bits per heavy atom. The molecule has 0 aliphatic carbocycles. The zero-order valence-corrected chi connectivity index (χ0v) is 10.9. The first-order valence-corrected chi connectivity index (χ1v) is 6.07. The van der Waals surface area contributed by atoms with Gasteiger partial charge in [0.2, 0.25) is 12.2 Å². The van der Waals surface area contributed by atoms with Gasteiger partial charge in [-0.15, -0.1) is 0 Å². The number of benzene rings is 2. The lowest BCUT2D eigenvalue weighted by atomic mass is 9.95. The van der Waals surface area contributed by atoms with Gasteiger partial charge in [-0.3, -0.25) is 0 Å². The summed E-state index contributed by atoms with van der Waals surface area (Å²) >= 11 is 0. The summed E-state index contributed by atoms with van der Waals surface area (Å²) in [7, 11) is 0. The molecule has 0 aromatic heterocycles. The first-order valence-electron chi connectivity index (χ1n) is 6.07. The molecule has 4 nitrogen and oxygen atoms in total. The average molecular weight is 264 g/mol. The predicted molar refractivity (Wildman–Crippen MR) is 75.6 cm³/mol. The molecule has 2 aromatic carbocycles. The summed E-state index contributed by atoms with van der Waals surface area (Å²) < 4.78 is 0. The third kappa shape index (κ3) is 2.78. The maximum atomic E-state index is 10.5. The monoisotopic (exact) mass is 264 g/mol. The Hall–Kier alpha value is -2.80. The molecule has 0 aliphatic rings. The van der Waals surface area contributed by atoms with E-state index in [1.54, 1.807) is 6.07 Å². The topological polar surface area (TPSA) is 58.9 Å². The Morgan fingerprint density at radius 3 is 2.00 bits per heavy atom. The zero-order valence-electron chi connectivity index (χ0n) is 10.9. The maximum absolute atomic E-state index is 10.5. The fraction of sp³-hybridized carbons (Fsp3) is 0.125. The van der Waals surface area contributed by atoms with E-state index in [1.807, 2.05) is 49.4 Å². The number of isocyanates is 2. The minimum absolute atomic E-state index is 0.675. The Bertz CT molecular complexity index is 694. The molecule has 0 spiro atoms. The number of rotatable bonds is 4. The summed E-state index contributed by atoms with van der Waals surface area (Å²) in [5.41, 5.74) is 3.65. The van der Waals surface area contributed by atoms with Gasteiger partial charge >= 0.3 is 0 Å². The van der Waals surface area contributed by atoms with Crippen LogP contribution in [0.3, 0.4) is 0 Å². The predicted octanol–water partition coefficient (Wildman–Crippen LogP) is 3.33. The van der Waals surface area contributed by atoms with Crippen molar-refractivity contribution in [2.45, 2.75) is 13.1 Å². The van der Waals surface area contributed by atoms with Crippen LogP contribution in [0.15, 0.2) is 58.5 Å². The van der Waals surface area contributed by atoms with E-state index in [1.165, 1.54) is 12.2 Å². The van der Waals surface area contributed by atoms with Crippen LogP contribution in [0.25, 0.3) is 11.1 Å². The molecule has 0 amide bonds. The lowest BCUT2D eigenvalue weighted by Gasteiger charge is -2.13. The number of hydrogen-bond acceptors (Lipinski definition) is 4. The summed E-state index contributed by atoms with van der Waals surface area (Å²) in [5.74, 6) is 0. The van der Waals surface area contributed by atoms with E-state index in [9.17, 15) is 9.59 Å². The minimum atomic E-state index is -0.902. The molecule has 0 heterocycles. The quantitative estimate of drug-likeness (QED) is 0.628. The van der Waals surface area contributed by atoms with E-state index in [0.717, 1.165) is 16.7 Å². The molecular formula is C16H12N2O2. The van der Waals surface area contributed by atoms with Crippen LogP contribution in [0.5, 0.6) is 0 Å². The molecule has 0 N–H and O–H groups in total. The van der Waals surface area contributed by atoms with Gasteiger partial charge in [-0.05, 0) is 23.6 Å². The van der Waals surface area contributed by atoms with Crippen molar-refractivity contribution in [1.29, 1.82) is 0 Å². The lowest BCUT2D eigenvalue weighted by Crippen LogP contribution is -1.96. The van der Waals surface area contributed by atoms with E-state index in [4.69, 9.17) is 0 Å². The normalized spacial score (nSPS) is 11.1. The highest BCUT2D eigenvalue weighted by Crippen LogP contribution is 2.32. The van der Waals surface area contributed by atoms with Crippen molar-refractivity contribution in [3.8, 4) is 11.1 Å². The maximum Gasteiger partial charge on any atom is 0.237 e. The molecule has 0 aliphatic heterocycles. The molecule has 0 saturated heterocycles. The molecule has 4 heteroatoms. The van der Waals surface area contributed by atoms with Crippen LogP contribution in [-0.4, -0.2) is 12.2 Å². The first-order chi connectivity index (χ1) is 9.77. The fourth-order valence-electron chi connectivity index (χ4n) is 2.11. The van der Waals surface area contributed by atoms with Gasteiger partial charge in [0.05, 0.1) is 0 Å². The van der Waals surface area contributed by atoms with Crippen molar-refractivity contribution in [1.82, 2.24) is 0 Å². The summed E-state index contributed by atoms with van der Waals surface area (Å²) in [5, 5.41) is 0. The number of carbonyl (C=O) groups excluding carboxylic acids is 2. The van der Waals surface area contributed by atoms with E-state index in [-0.39, 0.29) is 0 Å². The van der Waals surface area contributed by atoms with Crippen LogP contribution >= 0.6 is 0 Å². The molecule has 0 fully saturated rings. The van der Waals surface area contributed by atoms with Gasteiger partial charge < -0.3 is 0 Å². The SMILES string of the molecule is Cc1ccccc1-c1ccccc1C(N=C=O)N=C=O. The second-order valence-corrected chi connectivity index (χ2v) is 4.22. The van der Waals surface area contributed by atoms with E-state index in [0.29, 0.717) is 5.56 Å². The van der Waals surface area contributed by atoms with Gasteiger partial charge in [-0.1, -0.05) is 48.5 Å². The lowest BCUT2D eigenvalue weighted by molar-refractivity contribution is 0.552. The van der Waals surface area contributed by atoms with Gasteiger partial charge in [0.1, 0.15) is 0 Å². The summed E-state index contributed by atoms with van der Waals surface area (Å²) in [6.07, 6.45) is 1.99. The van der Waals surface area contributed by atoms with Crippen LogP contribution in [-0.2, 0) is 9.59 Å². The Kier molecular flexibility index (Phi) is 4.35. The van der Waals surface area contributed by atoms with Crippen molar-refractivity contribution in [3.05, 3.63) is 59.7 Å². The molecule has 0 bridgehead atoms. The molecule has 0 atom stereocenters. The Labute approximate surface area is 116 Å². The number of hydrogen-bond donors (Lipinski definition) is 0. The fourth-order valence-corrected chi connectivity index (χ4v) is 2.11. The van der Waals surface area contributed by atoms with Crippen LogP contribution in [0.4, 0.5) is 0 Å². The summed E-state index contributed by atoms with van der Waals surface area (Å²) in [6.45, 7) is 1.99. The third-order valence-corrected chi connectivity index (χ3v) is 3.02. The number of aliphatic imine (C=N–C) groups is 2. The molecule has 20 heavy (non-hydrogen) atoms. The van der Waals surface area contributed by atoms with E-state index in [2.05, 4.69) is 9.98 Å². The van der Waals surface area contributed by atoms with Gasteiger partial charge in [0.15, 0.2) is 6.17 Å². The molecule has 2 aromatic rings. The molecule has 2 rings (SSSR count). The van der Waals surface area contributed by atoms with Crippen LogP contribution < -0.4 is 0 Å². The molecule has 0 saturated carbocycles. The number of aryl methyl sites for hydroxylation is 1. The van der Waals surface area contributed by atoms with Crippen molar-refractivity contribution >= 4 is 12.2 Å². The molecular weight excluding hydrogens is 252 g/mol. The van der Waals surface area contributed by atoms with Crippen LogP contribution in [0.2, 0.25) is 0 Å². The smallest absolute Gasteiger partial charge is 0.211 e. The van der Waals surface area contributed by atoms with Gasteiger partial charge in [0, 0.05) is 5.56 Å². The van der Waals surface area contributed by atoms with Gasteiger partial charge in [-0.25, -0.2) is 9.59 Å². The third-order valence-electron chi connectivity index (χ3n) is 3.02. The van der Waals surface area contributed by atoms with Crippen molar-refractivity contribution in [2.75, 3.05) is 0 Å². The summed E-state index contributed by atoms with van der Waals surface area (Å²) in [4.78, 5) is 28.1. The molecule has 0 radical (unpaired) electrons. The second-order valence-electron chi connectivity index (χ2n) is 4.22. The van der Waals surface area contributed by atoms with E-state index < -0.39 is 6.17 Å². The highest BCUT2D eigenvalue weighted by Gasteiger charge is 2.15. The Balaban J connectivity index is 2.64. The van der Waals surface area contributed by atoms with Crippen LogP contribution in [0, 0.1) is 6.92 Å². The average Bonchev–Trinajstić information content (AvgIpc) is 2.48. The standard InChI is InChI=1S/C16H12N2O2/c1-12-6-2-3-7-13(12)14-8-4-5-9-15(14)16(17-10-19)18-11-20/h2-9,16H,1H3. The van der Waals surface area contributed by atoms with Crippen molar-refractivity contribution in [3.63, 3.8) is 0 Å². The molecule has 0 unspecified atom stereocenters. The highest BCUT2D eigenvalue weighted by atomic mass is 16.1.